The molecule has 2 heterocycles. The van der Waals surface area contributed by atoms with Crippen molar-refractivity contribution in [3.05, 3.63) is 131 Å². The largest absolute Gasteiger partial charge is 0.299 e. The highest BCUT2D eigenvalue weighted by Crippen LogP contribution is 2.63. The van der Waals surface area contributed by atoms with Gasteiger partial charge in [-0.3, -0.25) is 9.69 Å². The van der Waals surface area contributed by atoms with Crippen LogP contribution in [0.15, 0.2) is 114 Å². The number of nitrogens with zero attached hydrogens (tertiary/aromatic N) is 1. The Morgan fingerprint density at radius 1 is 0.758 bits per heavy atom. The van der Waals surface area contributed by atoms with Crippen molar-refractivity contribution in [1.29, 1.82) is 0 Å². The van der Waals surface area contributed by atoms with E-state index in [0.29, 0.717) is 5.02 Å². The third-order valence-electron chi connectivity index (χ3n) is 6.86. The van der Waals surface area contributed by atoms with Gasteiger partial charge in [-0.15, -0.1) is 11.8 Å². The van der Waals surface area contributed by atoms with Gasteiger partial charge in [-0.1, -0.05) is 96.5 Å². The molecule has 0 aromatic heterocycles. The molecular formula is C29H22ClNOS. The Balaban J connectivity index is 1.61. The van der Waals surface area contributed by atoms with E-state index >= 15 is 0 Å². The maximum atomic E-state index is 13.9. The minimum absolute atomic E-state index is 0.151. The van der Waals surface area contributed by atoms with Crippen LogP contribution in [0.25, 0.3) is 0 Å². The molecule has 0 bridgehead atoms. The van der Waals surface area contributed by atoms with E-state index in [-0.39, 0.29) is 17.1 Å². The van der Waals surface area contributed by atoms with Crippen LogP contribution in [-0.4, -0.2) is 5.91 Å². The molecule has 0 N–H and O–H groups in total. The number of anilines is 1. The molecule has 33 heavy (non-hydrogen) atoms. The number of fused-ring (bicyclic) bond motifs is 3. The van der Waals surface area contributed by atoms with Crippen LogP contribution in [-0.2, 0) is 10.3 Å². The van der Waals surface area contributed by atoms with Crippen LogP contribution >= 0.6 is 23.4 Å². The highest BCUT2D eigenvalue weighted by atomic mass is 35.5. The quantitative estimate of drug-likeness (QED) is 0.289. The smallest absolute Gasteiger partial charge is 0.238 e. The van der Waals surface area contributed by atoms with Crippen molar-refractivity contribution in [2.45, 2.75) is 28.0 Å². The Kier molecular flexibility index (Phi) is 5.05. The molecule has 3 atom stereocenters. The average Bonchev–Trinajstić information content (AvgIpc) is 2.98. The molecule has 6 rings (SSSR count). The number of β-lactam (4-membered cyclic amide) rings is 1. The number of rotatable bonds is 3. The lowest BCUT2D eigenvalue weighted by molar-refractivity contribution is -0.131. The van der Waals surface area contributed by atoms with Gasteiger partial charge in [-0.25, -0.2) is 0 Å². The van der Waals surface area contributed by atoms with E-state index < -0.39 is 5.54 Å². The second-order valence-electron chi connectivity index (χ2n) is 8.64. The van der Waals surface area contributed by atoms with Gasteiger partial charge in [0.05, 0.1) is 17.1 Å². The molecule has 2 nitrogen and oxygen atoms in total. The van der Waals surface area contributed by atoms with Gasteiger partial charge in [0.15, 0.2) is 0 Å². The number of amides is 1. The van der Waals surface area contributed by atoms with E-state index in [4.69, 9.17) is 11.6 Å². The molecule has 0 unspecified atom stereocenters. The summed E-state index contributed by atoms with van der Waals surface area (Å²) in [4.78, 5) is 17.1. The Hall–Kier alpha value is -3.01. The lowest BCUT2D eigenvalue weighted by atomic mass is 9.63. The zero-order valence-electron chi connectivity index (χ0n) is 17.9. The third kappa shape index (κ3) is 3.22. The van der Waals surface area contributed by atoms with Gasteiger partial charge in [0, 0.05) is 15.2 Å². The summed E-state index contributed by atoms with van der Waals surface area (Å²) in [6, 6.07) is 37.2. The summed E-state index contributed by atoms with van der Waals surface area (Å²) in [5.41, 5.74) is 3.96. The van der Waals surface area contributed by atoms with E-state index in [1.807, 2.05) is 48.2 Å². The predicted molar refractivity (Wildman–Crippen MR) is 136 cm³/mol. The molecule has 2 aliphatic heterocycles. The summed E-state index contributed by atoms with van der Waals surface area (Å²) in [7, 11) is 0. The number of halogens is 1. The highest BCUT2D eigenvalue weighted by molar-refractivity contribution is 7.99. The van der Waals surface area contributed by atoms with Crippen LogP contribution in [0.3, 0.4) is 0 Å². The molecular weight excluding hydrogens is 446 g/mol. The Labute approximate surface area is 203 Å². The van der Waals surface area contributed by atoms with Crippen molar-refractivity contribution in [1.82, 2.24) is 0 Å². The van der Waals surface area contributed by atoms with Crippen molar-refractivity contribution in [2.75, 3.05) is 4.90 Å². The molecule has 0 aliphatic carbocycles. The van der Waals surface area contributed by atoms with Crippen molar-refractivity contribution >= 4 is 35.0 Å². The standard InChI is InChI=1S/C29H22ClNOS/c30-23-17-15-22(16-18-23)29-19-26(20-9-3-1-4-10-20)33-25-14-8-7-13-24(25)31(29)28(32)27(29)21-11-5-2-6-12-21/h1-18,26-27H,19H2/t26-,27+,29+/m1/s1. The molecule has 4 aromatic carbocycles. The first-order valence-electron chi connectivity index (χ1n) is 11.1. The monoisotopic (exact) mass is 467 g/mol. The maximum Gasteiger partial charge on any atom is 0.238 e. The fraction of sp³-hybridized carbons (Fsp3) is 0.138. The van der Waals surface area contributed by atoms with Crippen LogP contribution in [0.5, 0.6) is 0 Å². The van der Waals surface area contributed by atoms with E-state index in [2.05, 4.69) is 77.7 Å². The summed E-state index contributed by atoms with van der Waals surface area (Å²) < 4.78 is 0. The summed E-state index contributed by atoms with van der Waals surface area (Å²) in [5.74, 6) is -0.101. The first-order chi connectivity index (χ1) is 16.2. The topological polar surface area (TPSA) is 20.3 Å². The first-order valence-corrected chi connectivity index (χ1v) is 12.4. The summed E-state index contributed by atoms with van der Waals surface area (Å²) in [6.45, 7) is 0. The number of hydrogen-bond acceptors (Lipinski definition) is 2. The Morgan fingerprint density at radius 3 is 2.06 bits per heavy atom. The molecule has 0 radical (unpaired) electrons. The van der Waals surface area contributed by atoms with E-state index in [1.54, 1.807) is 0 Å². The normalized spacial score (nSPS) is 23.8. The first kappa shape index (κ1) is 20.6. The molecule has 1 amide bonds. The maximum absolute atomic E-state index is 13.9. The zero-order chi connectivity index (χ0) is 22.4. The summed E-state index contributed by atoms with van der Waals surface area (Å²) in [6.07, 6.45) is 0.809. The van der Waals surface area contributed by atoms with E-state index in [9.17, 15) is 4.79 Å². The number of carbonyl (C=O) groups is 1. The molecule has 0 saturated carbocycles. The molecule has 2 aliphatic rings. The van der Waals surface area contributed by atoms with Gasteiger partial charge >= 0.3 is 0 Å². The predicted octanol–water partition coefficient (Wildman–Crippen LogP) is 7.60. The minimum atomic E-state index is -0.497. The number of para-hydroxylation sites is 1. The number of hydrogen-bond donors (Lipinski definition) is 0. The van der Waals surface area contributed by atoms with Gasteiger partial charge in [-0.2, -0.15) is 0 Å². The highest BCUT2D eigenvalue weighted by Gasteiger charge is 2.63. The van der Waals surface area contributed by atoms with Gasteiger partial charge < -0.3 is 0 Å². The molecule has 4 aromatic rings. The van der Waals surface area contributed by atoms with Crippen molar-refractivity contribution in [3.8, 4) is 0 Å². The van der Waals surface area contributed by atoms with Gasteiger partial charge in [0.2, 0.25) is 5.91 Å². The third-order valence-corrected chi connectivity index (χ3v) is 8.44. The van der Waals surface area contributed by atoms with Gasteiger partial charge in [0.25, 0.3) is 0 Å². The van der Waals surface area contributed by atoms with Gasteiger partial charge in [0.1, 0.15) is 0 Å². The zero-order valence-corrected chi connectivity index (χ0v) is 19.5. The van der Waals surface area contributed by atoms with Crippen LogP contribution in [0.2, 0.25) is 5.02 Å². The van der Waals surface area contributed by atoms with Crippen molar-refractivity contribution in [3.63, 3.8) is 0 Å². The molecule has 1 fully saturated rings. The molecule has 1 saturated heterocycles. The second-order valence-corrected chi connectivity index (χ2v) is 10.3. The summed E-state index contributed by atoms with van der Waals surface area (Å²) >= 11 is 8.14. The fourth-order valence-electron chi connectivity index (χ4n) is 5.42. The lowest BCUT2D eigenvalue weighted by Crippen LogP contribution is -2.67. The second kappa shape index (κ2) is 8.09. The van der Waals surface area contributed by atoms with Crippen molar-refractivity contribution in [2.24, 2.45) is 0 Å². The molecule has 162 valence electrons. The Morgan fingerprint density at radius 2 is 1.36 bits per heavy atom. The van der Waals surface area contributed by atoms with E-state index in [1.165, 1.54) is 5.56 Å². The molecule has 4 heteroatoms. The molecule has 0 spiro atoms. The number of carbonyl (C=O) groups excluding carboxylic acids is 1. The number of thioether (sulfide) groups is 1. The van der Waals surface area contributed by atoms with Crippen LogP contribution in [0.4, 0.5) is 5.69 Å². The Bertz CT molecular complexity index is 1310. The minimum Gasteiger partial charge on any atom is -0.299 e. The average molecular weight is 468 g/mol. The van der Waals surface area contributed by atoms with Crippen LogP contribution < -0.4 is 4.90 Å². The summed E-state index contributed by atoms with van der Waals surface area (Å²) in [5, 5.41) is 0.902. The lowest BCUT2D eigenvalue weighted by Gasteiger charge is -2.58. The fourth-order valence-corrected chi connectivity index (χ4v) is 6.92. The van der Waals surface area contributed by atoms with Crippen molar-refractivity contribution < 1.29 is 4.79 Å². The van der Waals surface area contributed by atoms with Gasteiger partial charge in [-0.05, 0) is 47.4 Å². The van der Waals surface area contributed by atoms with Crippen LogP contribution in [0, 0.1) is 0 Å². The number of benzene rings is 4. The SMILES string of the molecule is O=C1[C@H](c2ccccc2)[C@@]2(c3ccc(Cl)cc3)C[C@H](c3ccccc3)Sc3ccccc3N12. The van der Waals surface area contributed by atoms with Crippen LogP contribution in [0.1, 0.15) is 34.3 Å². The van der Waals surface area contributed by atoms with E-state index in [0.717, 1.165) is 28.1 Å².